The maximum absolute atomic E-state index is 12.0. The van der Waals surface area contributed by atoms with Crippen molar-refractivity contribution in [2.45, 2.75) is 26.3 Å². The Morgan fingerprint density at radius 3 is 2.64 bits per heavy atom. The van der Waals surface area contributed by atoms with Crippen LogP contribution in [0.3, 0.4) is 0 Å². The molecule has 0 aliphatic heterocycles. The molecular formula is C14H20N4O3S. The molecule has 0 spiro atoms. The van der Waals surface area contributed by atoms with E-state index in [1.807, 2.05) is 6.26 Å². The highest BCUT2D eigenvalue weighted by molar-refractivity contribution is 7.98. The average molecular weight is 324 g/mol. The van der Waals surface area contributed by atoms with Crippen LogP contribution in [0.5, 0.6) is 0 Å². The predicted octanol–water partition coefficient (Wildman–Crippen LogP) is 0.409. The van der Waals surface area contributed by atoms with Crippen LogP contribution in [0.4, 0.5) is 0 Å². The van der Waals surface area contributed by atoms with Crippen molar-refractivity contribution in [2.75, 3.05) is 12.0 Å². The first-order valence-electron chi connectivity index (χ1n) is 6.73. The summed E-state index contributed by atoms with van der Waals surface area (Å²) in [5.41, 5.74) is 5.76. The second kappa shape index (κ2) is 9.04. The van der Waals surface area contributed by atoms with E-state index in [0.717, 1.165) is 5.75 Å². The zero-order valence-electron chi connectivity index (χ0n) is 12.8. The number of carbonyl (C=O) groups is 3. The van der Waals surface area contributed by atoms with Gasteiger partial charge in [0, 0.05) is 24.4 Å². The Morgan fingerprint density at radius 1 is 1.32 bits per heavy atom. The maximum atomic E-state index is 12.0. The summed E-state index contributed by atoms with van der Waals surface area (Å²) in [7, 11) is 0. The van der Waals surface area contributed by atoms with Gasteiger partial charge in [0.1, 0.15) is 6.04 Å². The second-order valence-electron chi connectivity index (χ2n) is 4.66. The van der Waals surface area contributed by atoms with Crippen molar-refractivity contribution < 1.29 is 14.4 Å². The molecule has 0 aliphatic rings. The molecule has 0 saturated carbocycles. The number of thioether (sulfide) groups is 1. The van der Waals surface area contributed by atoms with Crippen LogP contribution in [-0.4, -0.2) is 40.8 Å². The van der Waals surface area contributed by atoms with E-state index in [2.05, 4.69) is 21.2 Å². The van der Waals surface area contributed by atoms with Crippen LogP contribution < -0.4 is 16.2 Å². The van der Waals surface area contributed by atoms with Gasteiger partial charge >= 0.3 is 0 Å². The third-order valence-electron chi connectivity index (χ3n) is 2.76. The lowest BCUT2D eigenvalue weighted by atomic mass is 10.2. The molecule has 1 aromatic heterocycles. The maximum Gasteiger partial charge on any atom is 0.269 e. The van der Waals surface area contributed by atoms with Gasteiger partial charge in [0.25, 0.3) is 11.8 Å². The van der Waals surface area contributed by atoms with Crippen LogP contribution in [0, 0.1) is 6.92 Å². The van der Waals surface area contributed by atoms with E-state index < -0.39 is 17.9 Å². The van der Waals surface area contributed by atoms with Crippen LogP contribution in [-0.2, 0) is 9.59 Å². The number of hydrogen-bond donors (Lipinski definition) is 3. The predicted molar refractivity (Wildman–Crippen MR) is 85.2 cm³/mol. The summed E-state index contributed by atoms with van der Waals surface area (Å²) in [6, 6.07) is 2.48. The Balaban J connectivity index is 2.58. The fourth-order valence-electron chi connectivity index (χ4n) is 1.71. The topological polar surface area (TPSA) is 100 Å². The highest BCUT2D eigenvalue weighted by Gasteiger charge is 2.19. The fraction of sp³-hybridized carbons (Fsp3) is 0.429. The molecule has 1 atom stereocenters. The molecule has 120 valence electrons. The summed E-state index contributed by atoms with van der Waals surface area (Å²) in [6.07, 6.45) is 3.91. The molecule has 0 radical (unpaired) electrons. The van der Waals surface area contributed by atoms with Gasteiger partial charge in [-0.3, -0.25) is 30.2 Å². The molecule has 0 fully saturated rings. The minimum absolute atomic E-state index is 0.294. The van der Waals surface area contributed by atoms with Gasteiger partial charge in [0.05, 0.1) is 0 Å². The van der Waals surface area contributed by atoms with E-state index in [4.69, 9.17) is 0 Å². The lowest BCUT2D eigenvalue weighted by Crippen LogP contribution is -2.52. The van der Waals surface area contributed by atoms with Gasteiger partial charge in [-0.2, -0.15) is 11.8 Å². The van der Waals surface area contributed by atoms with Gasteiger partial charge in [0.2, 0.25) is 5.91 Å². The number of aromatic nitrogens is 1. The van der Waals surface area contributed by atoms with E-state index in [-0.39, 0.29) is 5.91 Å². The van der Waals surface area contributed by atoms with E-state index in [1.165, 1.54) is 13.1 Å². The van der Waals surface area contributed by atoms with Crippen LogP contribution in [0.25, 0.3) is 0 Å². The number of nitrogens with zero attached hydrogens (tertiary/aromatic N) is 1. The monoisotopic (exact) mass is 324 g/mol. The number of hydrogen-bond acceptors (Lipinski definition) is 5. The van der Waals surface area contributed by atoms with Gasteiger partial charge in [-0.05, 0) is 37.5 Å². The Labute approximate surface area is 133 Å². The fourth-order valence-corrected chi connectivity index (χ4v) is 2.19. The van der Waals surface area contributed by atoms with E-state index in [1.54, 1.807) is 30.8 Å². The number of pyridine rings is 1. The van der Waals surface area contributed by atoms with Gasteiger partial charge in [0.15, 0.2) is 0 Å². The minimum atomic E-state index is -0.676. The summed E-state index contributed by atoms with van der Waals surface area (Å²) in [6.45, 7) is 3.11. The molecule has 1 heterocycles. The minimum Gasteiger partial charge on any atom is -0.344 e. The third kappa shape index (κ3) is 6.13. The molecule has 0 bridgehead atoms. The van der Waals surface area contributed by atoms with Crippen molar-refractivity contribution in [1.82, 2.24) is 21.2 Å². The molecule has 7 nitrogen and oxygen atoms in total. The van der Waals surface area contributed by atoms with Crippen molar-refractivity contribution >= 4 is 29.5 Å². The molecule has 0 saturated heterocycles. The molecule has 3 N–H and O–H groups in total. The quantitative estimate of drug-likeness (QED) is 0.658. The Morgan fingerprint density at radius 2 is 2.05 bits per heavy atom. The number of amides is 3. The zero-order valence-corrected chi connectivity index (χ0v) is 13.6. The van der Waals surface area contributed by atoms with Crippen LogP contribution in [0.15, 0.2) is 18.3 Å². The highest BCUT2D eigenvalue weighted by Crippen LogP contribution is 2.02. The molecule has 1 aromatic rings. The van der Waals surface area contributed by atoms with Crippen molar-refractivity contribution in [1.29, 1.82) is 0 Å². The molecular weight excluding hydrogens is 304 g/mol. The van der Waals surface area contributed by atoms with Crippen LogP contribution >= 0.6 is 11.8 Å². The van der Waals surface area contributed by atoms with E-state index in [0.29, 0.717) is 17.7 Å². The first-order chi connectivity index (χ1) is 10.4. The van der Waals surface area contributed by atoms with E-state index >= 15 is 0 Å². The lowest BCUT2D eigenvalue weighted by Gasteiger charge is -2.17. The normalized spacial score (nSPS) is 11.4. The Bertz CT molecular complexity index is 551. The highest BCUT2D eigenvalue weighted by atomic mass is 32.2. The number of nitrogens with one attached hydrogen (secondary N) is 3. The molecule has 22 heavy (non-hydrogen) atoms. The first kappa shape index (κ1) is 18.0. The second-order valence-corrected chi connectivity index (χ2v) is 5.65. The largest absolute Gasteiger partial charge is 0.344 e. The number of rotatable bonds is 6. The van der Waals surface area contributed by atoms with Gasteiger partial charge in [-0.25, -0.2) is 0 Å². The molecule has 0 unspecified atom stereocenters. The molecule has 3 amide bonds. The summed E-state index contributed by atoms with van der Waals surface area (Å²) in [5.74, 6) is -0.471. The smallest absolute Gasteiger partial charge is 0.269 e. The summed E-state index contributed by atoms with van der Waals surface area (Å²) < 4.78 is 0. The van der Waals surface area contributed by atoms with Gasteiger partial charge in [-0.1, -0.05) is 0 Å². The van der Waals surface area contributed by atoms with Crippen LogP contribution in [0.1, 0.15) is 29.4 Å². The Kier molecular flexibility index (Phi) is 7.38. The first-order valence-corrected chi connectivity index (χ1v) is 8.12. The zero-order chi connectivity index (χ0) is 16.5. The van der Waals surface area contributed by atoms with Gasteiger partial charge in [-0.15, -0.1) is 0 Å². The molecule has 8 heteroatoms. The van der Waals surface area contributed by atoms with Crippen molar-refractivity contribution in [3.63, 3.8) is 0 Å². The summed E-state index contributed by atoms with van der Waals surface area (Å²) in [5, 5.41) is 2.56. The number of hydrazine groups is 1. The van der Waals surface area contributed by atoms with Gasteiger partial charge < -0.3 is 5.32 Å². The van der Waals surface area contributed by atoms with Crippen LogP contribution in [0.2, 0.25) is 0 Å². The van der Waals surface area contributed by atoms with Crippen molar-refractivity contribution in [3.05, 3.63) is 29.6 Å². The standard InChI is InChI=1S/C14H20N4O3S/c1-9-8-11(4-6-15-9)13(20)17-18-14(21)12(5-7-22-3)16-10(2)19/h4,6,8,12H,5,7H2,1-3H3,(H,16,19)(H,17,20)(H,18,21)/t12-/m0/s1. The lowest BCUT2D eigenvalue weighted by molar-refractivity contribution is -0.128. The number of carbonyl (C=O) groups excluding carboxylic acids is 3. The van der Waals surface area contributed by atoms with E-state index in [9.17, 15) is 14.4 Å². The molecule has 0 aliphatic carbocycles. The average Bonchev–Trinajstić information content (AvgIpc) is 2.48. The van der Waals surface area contributed by atoms with Crippen molar-refractivity contribution in [3.8, 4) is 0 Å². The third-order valence-corrected chi connectivity index (χ3v) is 3.41. The Hall–Kier alpha value is -2.09. The SMILES string of the molecule is CSCC[C@H](NC(C)=O)C(=O)NNC(=O)c1ccnc(C)c1. The number of aryl methyl sites for hydroxylation is 1. The molecule has 0 aromatic carbocycles. The summed E-state index contributed by atoms with van der Waals surface area (Å²) in [4.78, 5) is 39.1. The summed E-state index contributed by atoms with van der Waals surface area (Å²) >= 11 is 1.57. The molecule has 1 rings (SSSR count). The van der Waals surface area contributed by atoms with Crippen molar-refractivity contribution in [2.24, 2.45) is 0 Å².